The Labute approximate surface area is 159 Å². The molecule has 2 aromatic rings. The zero-order valence-electron chi connectivity index (χ0n) is 14.6. The number of nitrogens with zero attached hydrogens (tertiary/aromatic N) is 3. The molecule has 0 atom stereocenters. The van der Waals surface area contributed by atoms with E-state index in [0.29, 0.717) is 18.8 Å². The molecule has 1 aliphatic rings. The van der Waals surface area contributed by atoms with E-state index in [-0.39, 0.29) is 22.3 Å². The maximum atomic E-state index is 12.9. The van der Waals surface area contributed by atoms with Crippen LogP contribution >= 0.6 is 11.6 Å². The van der Waals surface area contributed by atoms with Crippen molar-refractivity contribution in [1.82, 2.24) is 14.8 Å². The fraction of sp³-hybridized carbons (Fsp3) is 0.333. The fourth-order valence-electron chi connectivity index (χ4n) is 2.75. The molecule has 1 aromatic carbocycles. The Morgan fingerprint density at radius 3 is 2.52 bits per heavy atom. The lowest BCUT2D eigenvalue weighted by atomic mass is 10.2. The predicted octanol–water partition coefficient (Wildman–Crippen LogP) is 3.89. The number of alkyl halides is 3. The average Bonchev–Trinajstić information content (AvgIpc) is 2.63. The lowest BCUT2D eigenvalue weighted by molar-refractivity contribution is -0.137. The first-order valence-corrected chi connectivity index (χ1v) is 8.69. The summed E-state index contributed by atoms with van der Waals surface area (Å²) in [6, 6.07) is 6.12. The topological polar surface area (TPSA) is 48.5 Å². The highest BCUT2D eigenvalue weighted by molar-refractivity contribution is 6.33. The summed E-state index contributed by atoms with van der Waals surface area (Å²) < 4.78 is 38.7. The predicted molar refractivity (Wildman–Crippen MR) is 97.4 cm³/mol. The number of piperazine rings is 1. The summed E-state index contributed by atoms with van der Waals surface area (Å²) in [6.07, 6.45) is -3.03. The van der Waals surface area contributed by atoms with Gasteiger partial charge in [-0.25, -0.2) is 0 Å². The van der Waals surface area contributed by atoms with Crippen LogP contribution in [0.2, 0.25) is 5.02 Å². The van der Waals surface area contributed by atoms with Crippen LogP contribution in [-0.2, 0) is 6.18 Å². The maximum absolute atomic E-state index is 12.9. The van der Waals surface area contributed by atoms with Crippen LogP contribution in [0.25, 0.3) is 0 Å². The third-order valence-electron chi connectivity index (χ3n) is 4.34. The second-order valence-corrected chi connectivity index (χ2v) is 6.75. The molecule has 2 heterocycles. The molecular formula is C18H18ClF3N4O. The highest BCUT2D eigenvalue weighted by Gasteiger charge is 2.31. The van der Waals surface area contributed by atoms with Crippen LogP contribution in [0.1, 0.15) is 16.1 Å². The average molecular weight is 399 g/mol. The van der Waals surface area contributed by atoms with Crippen molar-refractivity contribution in [2.24, 2.45) is 0 Å². The summed E-state index contributed by atoms with van der Waals surface area (Å²) in [5.74, 6) is -0.207. The lowest BCUT2D eigenvalue weighted by Crippen LogP contribution is -2.47. The molecular weight excluding hydrogens is 381 g/mol. The van der Waals surface area contributed by atoms with Crippen molar-refractivity contribution in [3.8, 4) is 0 Å². The molecule has 1 saturated heterocycles. The normalized spacial score (nSPS) is 15.7. The van der Waals surface area contributed by atoms with Gasteiger partial charge >= 0.3 is 6.18 Å². The van der Waals surface area contributed by atoms with Gasteiger partial charge in [0.15, 0.2) is 0 Å². The SMILES string of the molecule is CN1CCN(C(=O)c2cc(Nc3cc(C(F)(F)F)ccc3Cl)ccn2)CC1. The van der Waals surface area contributed by atoms with Crippen LogP contribution in [0.3, 0.4) is 0 Å². The summed E-state index contributed by atoms with van der Waals surface area (Å²) in [4.78, 5) is 20.5. The Balaban J connectivity index is 1.79. The molecule has 0 bridgehead atoms. The van der Waals surface area contributed by atoms with E-state index in [1.54, 1.807) is 11.0 Å². The van der Waals surface area contributed by atoms with E-state index < -0.39 is 11.7 Å². The second-order valence-electron chi connectivity index (χ2n) is 6.34. The second kappa shape index (κ2) is 7.74. The number of amides is 1. The minimum Gasteiger partial charge on any atom is -0.354 e. The van der Waals surface area contributed by atoms with Gasteiger partial charge in [0.2, 0.25) is 0 Å². The number of rotatable bonds is 3. The van der Waals surface area contributed by atoms with E-state index in [2.05, 4.69) is 15.2 Å². The van der Waals surface area contributed by atoms with Gasteiger partial charge in [-0.05, 0) is 37.4 Å². The number of halogens is 4. The Morgan fingerprint density at radius 1 is 1.15 bits per heavy atom. The largest absolute Gasteiger partial charge is 0.416 e. The highest BCUT2D eigenvalue weighted by Crippen LogP contribution is 2.35. The van der Waals surface area contributed by atoms with Gasteiger partial charge < -0.3 is 15.1 Å². The summed E-state index contributed by atoms with van der Waals surface area (Å²) in [7, 11) is 1.99. The molecule has 1 amide bonds. The standard InChI is InChI=1S/C18H18ClF3N4O/c1-25-6-8-26(9-7-25)17(27)16-11-13(4-5-23-16)24-15-10-12(18(20,21)22)2-3-14(15)19/h2-5,10-11H,6-9H2,1H3,(H,23,24). The first-order chi connectivity index (χ1) is 12.7. The minimum atomic E-state index is -4.47. The zero-order chi connectivity index (χ0) is 19.6. The van der Waals surface area contributed by atoms with E-state index >= 15 is 0 Å². The van der Waals surface area contributed by atoms with Gasteiger partial charge in [-0.15, -0.1) is 0 Å². The third-order valence-corrected chi connectivity index (χ3v) is 4.67. The number of pyridine rings is 1. The van der Waals surface area contributed by atoms with E-state index in [1.165, 1.54) is 18.3 Å². The molecule has 0 radical (unpaired) electrons. The van der Waals surface area contributed by atoms with E-state index in [1.807, 2.05) is 7.05 Å². The van der Waals surface area contributed by atoms with Crippen molar-refractivity contribution in [2.75, 3.05) is 38.5 Å². The van der Waals surface area contributed by atoms with Gasteiger partial charge in [-0.3, -0.25) is 9.78 Å². The van der Waals surface area contributed by atoms with Gasteiger partial charge in [0.25, 0.3) is 5.91 Å². The molecule has 0 unspecified atom stereocenters. The van der Waals surface area contributed by atoms with Crippen LogP contribution in [-0.4, -0.2) is 53.9 Å². The number of likely N-dealkylation sites (N-methyl/N-ethyl adjacent to an activating group) is 1. The molecule has 1 aliphatic heterocycles. The summed E-state index contributed by atoms with van der Waals surface area (Å²) in [5, 5.41) is 2.98. The van der Waals surface area contributed by atoms with Crippen LogP contribution in [0.5, 0.6) is 0 Å². The molecule has 3 rings (SSSR count). The zero-order valence-corrected chi connectivity index (χ0v) is 15.3. The van der Waals surface area contributed by atoms with Crippen molar-refractivity contribution < 1.29 is 18.0 Å². The molecule has 27 heavy (non-hydrogen) atoms. The minimum absolute atomic E-state index is 0.107. The van der Waals surface area contributed by atoms with Gasteiger partial charge in [0.05, 0.1) is 16.3 Å². The Hall–Kier alpha value is -2.32. The number of anilines is 2. The van der Waals surface area contributed by atoms with Gasteiger partial charge in [0, 0.05) is 38.1 Å². The lowest BCUT2D eigenvalue weighted by Gasteiger charge is -2.32. The number of carbonyl (C=O) groups is 1. The summed E-state index contributed by atoms with van der Waals surface area (Å²) in [5.41, 5.74) is -0.0377. The maximum Gasteiger partial charge on any atom is 0.416 e. The fourth-order valence-corrected chi connectivity index (χ4v) is 2.91. The Bertz CT molecular complexity index is 836. The summed E-state index contributed by atoms with van der Waals surface area (Å²) >= 11 is 6.01. The monoisotopic (exact) mass is 398 g/mol. The molecule has 5 nitrogen and oxygen atoms in total. The van der Waals surface area contributed by atoms with Crippen LogP contribution in [0, 0.1) is 0 Å². The van der Waals surface area contributed by atoms with Crippen LogP contribution in [0.4, 0.5) is 24.5 Å². The van der Waals surface area contributed by atoms with Gasteiger partial charge in [-0.1, -0.05) is 11.6 Å². The van der Waals surface area contributed by atoms with Crippen LogP contribution in [0.15, 0.2) is 36.5 Å². The molecule has 144 valence electrons. The number of nitrogens with one attached hydrogen (secondary N) is 1. The van der Waals surface area contributed by atoms with Crippen molar-refractivity contribution in [3.63, 3.8) is 0 Å². The molecule has 1 fully saturated rings. The number of hydrogen-bond donors (Lipinski definition) is 1. The quantitative estimate of drug-likeness (QED) is 0.852. The first kappa shape index (κ1) is 19.4. The third kappa shape index (κ3) is 4.70. The van der Waals surface area contributed by atoms with Crippen molar-refractivity contribution >= 4 is 28.9 Å². The van der Waals surface area contributed by atoms with E-state index in [4.69, 9.17) is 11.6 Å². The summed E-state index contributed by atoms with van der Waals surface area (Å²) in [6.45, 7) is 2.77. The Kier molecular flexibility index (Phi) is 5.57. The highest BCUT2D eigenvalue weighted by atomic mass is 35.5. The Morgan fingerprint density at radius 2 is 1.85 bits per heavy atom. The van der Waals surface area contributed by atoms with Crippen molar-refractivity contribution in [3.05, 3.63) is 52.8 Å². The van der Waals surface area contributed by atoms with E-state index in [9.17, 15) is 18.0 Å². The molecule has 1 aromatic heterocycles. The van der Waals surface area contributed by atoms with Gasteiger partial charge in [-0.2, -0.15) is 13.2 Å². The molecule has 0 saturated carbocycles. The van der Waals surface area contributed by atoms with Crippen molar-refractivity contribution in [2.45, 2.75) is 6.18 Å². The van der Waals surface area contributed by atoms with Crippen molar-refractivity contribution in [1.29, 1.82) is 0 Å². The number of benzene rings is 1. The molecule has 0 spiro atoms. The number of carbonyl (C=O) groups excluding carboxylic acids is 1. The van der Waals surface area contributed by atoms with Gasteiger partial charge in [0.1, 0.15) is 5.69 Å². The molecule has 9 heteroatoms. The molecule has 1 N–H and O–H groups in total. The van der Waals surface area contributed by atoms with Crippen LogP contribution < -0.4 is 5.32 Å². The number of aromatic nitrogens is 1. The number of hydrogen-bond acceptors (Lipinski definition) is 4. The smallest absolute Gasteiger partial charge is 0.354 e. The van der Waals surface area contributed by atoms with E-state index in [0.717, 1.165) is 25.2 Å². The first-order valence-electron chi connectivity index (χ1n) is 8.31. The molecule has 0 aliphatic carbocycles.